The number of hydrogen-bond donors (Lipinski definition) is 24. The molecule has 0 aromatic heterocycles. The number of rotatable bonds is 24. The Morgan fingerprint density at radius 2 is 0.202 bits per heavy atom. The van der Waals surface area contributed by atoms with Crippen LogP contribution < -0.4 is 68.8 Å². The molecule has 0 saturated heterocycles. The third-order valence-corrected chi connectivity index (χ3v) is 6.69. The van der Waals surface area contributed by atoms with Gasteiger partial charge >= 0.3 is 52.1 Å². The summed E-state index contributed by atoms with van der Waals surface area (Å²) >= 11 is 0. The van der Waals surface area contributed by atoms with E-state index in [9.17, 15) is 25.2 Å². The maximum Gasteiger partial charge on any atom is 0.369 e. The summed E-state index contributed by atoms with van der Waals surface area (Å²) in [4.78, 5) is 84.1. The molecule has 36 N–H and O–H groups in total. The second kappa shape index (κ2) is 191. The average Bonchev–Trinajstić information content (AvgIpc) is 3.38. The molecular formula is C48H144F6N12O12P6. The molecule has 84 heavy (non-hydrogen) atoms. The summed E-state index contributed by atoms with van der Waals surface area (Å²) in [5, 5.41) is 0. The molecule has 0 rings (SSSR count). The zero-order valence-electron chi connectivity index (χ0n) is 54.7. The van der Waals surface area contributed by atoms with Gasteiger partial charge in [0.15, 0.2) is 0 Å². The van der Waals surface area contributed by atoms with Crippen LogP contribution in [0.3, 0.4) is 0 Å². The van der Waals surface area contributed by atoms with Gasteiger partial charge in [-0.3, -0.25) is 0 Å². The lowest BCUT2D eigenvalue weighted by Gasteiger charge is -1.80. The predicted octanol–water partition coefficient (Wildman–Crippen LogP) is 9.95. The maximum absolute atomic E-state index is 10.2. The van der Waals surface area contributed by atoms with Crippen molar-refractivity contribution in [2.24, 2.45) is 68.8 Å². The molecule has 0 atom stereocenters. The van der Waals surface area contributed by atoms with Gasteiger partial charge in [-0.15, -0.1) is 0 Å². The van der Waals surface area contributed by atoms with Crippen LogP contribution in [0.1, 0.15) is 237 Å². The van der Waals surface area contributed by atoms with Crippen LogP contribution in [0.4, 0.5) is 25.2 Å². The van der Waals surface area contributed by atoms with Crippen molar-refractivity contribution in [1.82, 2.24) is 0 Å². The van der Waals surface area contributed by atoms with Crippen LogP contribution in [0.5, 0.6) is 0 Å². The van der Waals surface area contributed by atoms with E-state index in [0.29, 0.717) is 0 Å². The Labute approximate surface area is 518 Å². The SMILES string of the molecule is CCCCN.CCCCN.CCCCN.CCCCN.CCCCN.CCCCN.CCCCN.CCCCN.CCCCN.CCCCN.CCCCN.CCCCN.OP(O)F.OP(O)F.OP(O)F.OP(O)F.OP(O)F.OP(O)F. The summed E-state index contributed by atoms with van der Waals surface area (Å²) in [5.41, 5.74) is 61.7. The van der Waals surface area contributed by atoms with Gasteiger partial charge in [0.1, 0.15) is 0 Å². The van der Waals surface area contributed by atoms with Crippen LogP contribution in [0.25, 0.3) is 0 Å². The van der Waals surface area contributed by atoms with Gasteiger partial charge in [0, 0.05) is 0 Å². The molecule has 0 saturated carbocycles. The zero-order chi connectivity index (χ0) is 70.9. The third kappa shape index (κ3) is 885. The molecule has 0 bridgehead atoms. The van der Waals surface area contributed by atoms with Crippen molar-refractivity contribution in [3.05, 3.63) is 0 Å². The Hall–Kier alpha value is 1.20. The highest BCUT2D eigenvalue weighted by molar-refractivity contribution is 7.39. The van der Waals surface area contributed by atoms with E-state index in [2.05, 4.69) is 83.1 Å². The van der Waals surface area contributed by atoms with Crippen molar-refractivity contribution in [1.29, 1.82) is 0 Å². The van der Waals surface area contributed by atoms with Gasteiger partial charge in [0.25, 0.3) is 0 Å². The summed E-state index contributed by atoms with van der Waals surface area (Å²) in [5.74, 6) is 0. The summed E-state index contributed by atoms with van der Waals surface area (Å²) in [6.07, 6.45) is 28.6. The fourth-order valence-corrected chi connectivity index (χ4v) is 2.45. The molecule has 540 valence electrons. The molecule has 0 aliphatic heterocycles. The van der Waals surface area contributed by atoms with Crippen molar-refractivity contribution in [3.8, 4) is 0 Å². The first-order valence-electron chi connectivity index (χ1n) is 28.8. The largest absolute Gasteiger partial charge is 0.369 e. The predicted molar refractivity (Wildman–Crippen MR) is 362 cm³/mol. The Kier molecular flexibility index (Phi) is 305. The summed E-state index contributed by atoms with van der Waals surface area (Å²) in [7, 11) is -18.7. The third-order valence-electron chi connectivity index (χ3n) is 6.69. The van der Waals surface area contributed by atoms with Gasteiger partial charge in [-0.1, -0.05) is 160 Å². The normalized spacial score (nSPS) is 8.57. The molecule has 0 heterocycles. The van der Waals surface area contributed by atoms with Crippen molar-refractivity contribution in [2.45, 2.75) is 237 Å². The first kappa shape index (κ1) is 134. The summed E-state index contributed by atoms with van der Waals surface area (Å²) < 4.78 is 61.1. The monoisotopic (exact) mass is 1380 g/mol. The second-order valence-electron chi connectivity index (χ2n) is 15.2. The Morgan fingerprint density at radius 3 is 0.202 bits per heavy atom. The van der Waals surface area contributed by atoms with Crippen molar-refractivity contribution < 1.29 is 83.9 Å². The van der Waals surface area contributed by atoms with Gasteiger partial charge in [0.05, 0.1) is 0 Å². The van der Waals surface area contributed by atoms with E-state index < -0.39 is 52.1 Å². The number of halogens is 6. The Balaban J connectivity index is -0.0000000343. The molecule has 0 aliphatic carbocycles. The fourth-order valence-electron chi connectivity index (χ4n) is 2.45. The lowest BCUT2D eigenvalue weighted by molar-refractivity contribution is 0.426. The van der Waals surface area contributed by atoms with E-state index in [1.54, 1.807) is 0 Å². The lowest BCUT2D eigenvalue weighted by atomic mass is 10.3. The molecule has 0 fully saturated rings. The average molecular weight is 1380 g/mol. The molecule has 0 aliphatic rings. The van der Waals surface area contributed by atoms with Crippen LogP contribution in [0.2, 0.25) is 0 Å². The molecule has 0 aromatic rings. The minimum atomic E-state index is -3.12. The molecular weight excluding hydrogens is 1240 g/mol. The van der Waals surface area contributed by atoms with E-state index in [0.717, 1.165) is 78.5 Å². The highest BCUT2D eigenvalue weighted by Gasteiger charge is 1.84. The molecule has 0 unspecified atom stereocenters. The van der Waals surface area contributed by atoms with Crippen LogP contribution in [-0.4, -0.2) is 137 Å². The zero-order valence-corrected chi connectivity index (χ0v) is 60.1. The van der Waals surface area contributed by atoms with E-state index in [1.165, 1.54) is 154 Å². The van der Waals surface area contributed by atoms with Crippen LogP contribution >= 0.6 is 52.1 Å². The molecule has 0 amide bonds. The van der Waals surface area contributed by atoms with Gasteiger partial charge in [-0.2, -0.15) is 25.2 Å². The maximum atomic E-state index is 10.2. The quantitative estimate of drug-likeness (QED) is 0.0315. The number of nitrogens with two attached hydrogens (primary N) is 12. The summed E-state index contributed by atoms with van der Waals surface area (Å²) in [6, 6.07) is 0. The van der Waals surface area contributed by atoms with Crippen molar-refractivity contribution in [2.75, 3.05) is 78.5 Å². The molecule has 0 radical (unpaired) electrons. The minimum absolute atomic E-state index is 0.844. The first-order valence-corrected chi connectivity index (χ1v) is 35.6. The Morgan fingerprint density at radius 1 is 0.167 bits per heavy atom. The Bertz CT molecular complexity index is 545. The van der Waals surface area contributed by atoms with Crippen molar-refractivity contribution >= 4 is 52.1 Å². The summed E-state index contributed by atoms with van der Waals surface area (Å²) in [6.45, 7) is 35.7. The number of unbranched alkanes of at least 4 members (excludes halogenated alkanes) is 12. The van der Waals surface area contributed by atoms with Crippen LogP contribution in [-0.2, 0) is 0 Å². The molecule has 0 spiro atoms. The van der Waals surface area contributed by atoms with E-state index in [1.807, 2.05) is 0 Å². The smallest absolute Gasteiger partial charge is 0.330 e. The van der Waals surface area contributed by atoms with Crippen LogP contribution in [0, 0.1) is 0 Å². The highest BCUT2D eigenvalue weighted by atomic mass is 31.2. The van der Waals surface area contributed by atoms with Gasteiger partial charge in [-0.05, 0) is 156 Å². The van der Waals surface area contributed by atoms with Gasteiger partial charge < -0.3 is 128 Å². The fraction of sp³-hybridized carbons (Fsp3) is 1.00. The lowest BCUT2D eigenvalue weighted by Crippen LogP contribution is -1.95. The molecule has 0 aromatic carbocycles. The standard InChI is InChI=1S/12C4H11N.6FH2O2P/c12*1-2-3-4-5;6*1-4(2)3/h12*2-5H2,1H3;6*2-3H. The highest BCUT2D eigenvalue weighted by Crippen LogP contribution is 2.24. The van der Waals surface area contributed by atoms with E-state index in [4.69, 9.17) is 128 Å². The second-order valence-corrected chi connectivity index (χ2v) is 18.0. The van der Waals surface area contributed by atoms with Crippen molar-refractivity contribution in [3.63, 3.8) is 0 Å². The first-order chi connectivity index (χ1) is 39.4. The molecule has 36 heteroatoms. The number of hydrogen-bond acceptors (Lipinski definition) is 24. The van der Waals surface area contributed by atoms with E-state index >= 15 is 0 Å². The van der Waals surface area contributed by atoms with Gasteiger partial charge in [0.2, 0.25) is 0 Å². The van der Waals surface area contributed by atoms with Gasteiger partial charge in [-0.25, -0.2) is 0 Å². The minimum Gasteiger partial charge on any atom is -0.330 e. The van der Waals surface area contributed by atoms with E-state index in [-0.39, 0.29) is 0 Å². The molecule has 24 nitrogen and oxygen atoms in total. The van der Waals surface area contributed by atoms with Crippen LogP contribution in [0.15, 0.2) is 0 Å². The topological polar surface area (TPSA) is 555 Å².